The molecule has 1 aromatic rings. The molecule has 104 valence electrons. The van der Waals surface area contributed by atoms with Crippen LogP contribution in [0.25, 0.3) is 0 Å². The van der Waals surface area contributed by atoms with Gasteiger partial charge in [-0.05, 0) is 42.7 Å². The number of nitrogens with two attached hydrogens (primary N) is 1. The minimum atomic E-state index is 0.463. The van der Waals surface area contributed by atoms with Crippen molar-refractivity contribution in [1.29, 1.82) is 0 Å². The van der Waals surface area contributed by atoms with Gasteiger partial charge in [-0.3, -0.25) is 11.3 Å². The summed E-state index contributed by atoms with van der Waals surface area (Å²) in [5.41, 5.74) is 6.24. The Morgan fingerprint density at radius 2 is 1.89 bits per heavy atom. The quantitative estimate of drug-likeness (QED) is 0.640. The van der Waals surface area contributed by atoms with Gasteiger partial charge in [-0.1, -0.05) is 49.9 Å². The molecule has 0 amide bonds. The Hall–Kier alpha value is -0.860. The zero-order valence-corrected chi connectivity index (χ0v) is 11.8. The van der Waals surface area contributed by atoms with E-state index in [-0.39, 0.29) is 0 Å². The standard InChI is InChI=1S/C17H26N2/c18-19-17(12-13-6-1-2-7-13)16-11-5-9-14-8-3-4-10-15(14)16/h3-4,8,10,13,16-17,19H,1-2,5-7,9,11-12,18H2. The van der Waals surface area contributed by atoms with Crippen LogP contribution in [-0.2, 0) is 6.42 Å². The second-order valence-electron chi connectivity index (χ2n) is 6.36. The predicted octanol–water partition coefficient (Wildman–Crippen LogP) is 3.52. The van der Waals surface area contributed by atoms with Crippen LogP contribution in [0.15, 0.2) is 24.3 Å². The number of hydrogen-bond donors (Lipinski definition) is 2. The third-order valence-electron chi connectivity index (χ3n) is 5.18. The Bertz CT molecular complexity index is 409. The van der Waals surface area contributed by atoms with E-state index in [0.29, 0.717) is 12.0 Å². The van der Waals surface area contributed by atoms with Crippen LogP contribution in [0.5, 0.6) is 0 Å². The second kappa shape index (κ2) is 6.06. The first-order valence-electron chi connectivity index (χ1n) is 7.92. The zero-order chi connectivity index (χ0) is 13.1. The van der Waals surface area contributed by atoms with Gasteiger partial charge in [0.05, 0.1) is 0 Å². The summed E-state index contributed by atoms with van der Waals surface area (Å²) >= 11 is 0. The van der Waals surface area contributed by atoms with Gasteiger partial charge in [0.15, 0.2) is 0 Å². The van der Waals surface area contributed by atoms with Gasteiger partial charge in [-0.15, -0.1) is 0 Å². The molecule has 0 aromatic heterocycles. The van der Waals surface area contributed by atoms with Crippen LogP contribution in [0.3, 0.4) is 0 Å². The van der Waals surface area contributed by atoms with E-state index >= 15 is 0 Å². The smallest absolute Gasteiger partial charge is 0.0281 e. The zero-order valence-electron chi connectivity index (χ0n) is 11.8. The molecule has 2 aliphatic rings. The molecule has 2 unspecified atom stereocenters. The second-order valence-corrected chi connectivity index (χ2v) is 6.36. The Labute approximate surface area is 116 Å². The fraction of sp³-hybridized carbons (Fsp3) is 0.647. The van der Waals surface area contributed by atoms with Crippen molar-refractivity contribution in [3.63, 3.8) is 0 Å². The van der Waals surface area contributed by atoms with E-state index < -0.39 is 0 Å². The van der Waals surface area contributed by atoms with Crippen molar-refractivity contribution < 1.29 is 0 Å². The predicted molar refractivity (Wildman–Crippen MR) is 79.8 cm³/mol. The van der Waals surface area contributed by atoms with Crippen LogP contribution in [0, 0.1) is 5.92 Å². The lowest BCUT2D eigenvalue weighted by Gasteiger charge is -2.33. The van der Waals surface area contributed by atoms with Crippen LogP contribution < -0.4 is 11.3 Å². The molecule has 19 heavy (non-hydrogen) atoms. The lowest BCUT2D eigenvalue weighted by atomic mass is 9.76. The van der Waals surface area contributed by atoms with Gasteiger partial charge < -0.3 is 0 Å². The summed E-state index contributed by atoms with van der Waals surface area (Å²) in [7, 11) is 0. The van der Waals surface area contributed by atoms with Crippen LogP contribution in [0.4, 0.5) is 0 Å². The SMILES string of the molecule is NNC(CC1CCCC1)C1CCCc2ccccc21. The molecule has 2 atom stereocenters. The first-order chi connectivity index (χ1) is 9.38. The maximum absolute atomic E-state index is 5.89. The summed E-state index contributed by atoms with van der Waals surface area (Å²) < 4.78 is 0. The summed E-state index contributed by atoms with van der Waals surface area (Å²) in [6.07, 6.45) is 10.8. The van der Waals surface area contributed by atoms with E-state index in [1.54, 1.807) is 11.1 Å². The largest absolute Gasteiger partial charge is 0.271 e. The van der Waals surface area contributed by atoms with Gasteiger partial charge >= 0.3 is 0 Å². The van der Waals surface area contributed by atoms with Gasteiger partial charge in [0.1, 0.15) is 0 Å². The molecule has 1 fully saturated rings. The Morgan fingerprint density at radius 3 is 2.68 bits per heavy atom. The highest BCUT2D eigenvalue weighted by molar-refractivity contribution is 5.33. The monoisotopic (exact) mass is 258 g/mol. The van der Waals surface area contributed by atoms with E-state index in [4.69, 9.17) is 5.84 Å². The van der Waals surface area contributed by atoms with Crippen molar-refractivity contribution in [2.75, 3.05) is 0 Å². The van der Waals surface area contributed by atoms with Crippen molar-refractivity contribution in [3.8, 4) is 0 Å². The topological polar surface area (TPSA) is 38.0 Å². The van der Waals surface area contributed by atoms with Crippen molar-refractivity contribution in [1.82, 2.24) is 5.43 Å². The average Bonchev–Trinajstić information content (AvgIpc) is 2.97. The lowest BCUT2D eigenvalue weighted by molar-refractivity contribution is 0.325. The normalized spacial score (nSPS) is 25.2. The number of hydrogen-bond acceptors (Lipinski definition) is 2. The van der Waals surface area contributed by atoms with E-state index in [9.17, 15) is 0 Å². The van der Waals surface area contributed by atoms with E-state index in [1.165, 1.54) is 51.4 Å². The fourth-order valence-electron chi connectivity index (χ4n) is 4.16. The number of rotatable bonds is 4. The first-order valence-corrected chi connectivity index (χ1v) is 7.92. The lowest BCUT2D eigenvalue weighted by Crippen LogP contribution is -2.42. The number of hydrazine groups is 1. The maximum atomic E-state index is 5.89. The molecule has 1 saturated carbocycles. The van der Waals surface area contributed by atoms with Crippen molar-refractivity contribution in [3.05, 3.63) is 35.4 Å². The van der Waals surface area contributed by atoms with Gasteiger partial charge in [0, 0.05) is 12.0 Å². The molecule has 0 bridgehead atoms. The third kappa shape index (κ3) is 2.85. The molecule has 3 rings (SSSR count). The van der Waals surface area contributed by atoms with Crippen molar-refractivity contribution >= 4 is 0 Å². The summed E-state index contributed by atoms with van der Waals surface area (Å²) in [4.78, 5) is 0. The fourth-order valence-corrected chi connectivity index (χ4v) is 4.16. The van der Waals surface area contributed by atoms with Gasteiger partial charge in [0.25, 0.3) is 0 Å². The molecule has 0 radical (unpaired) electrons. The molecule has 2 heteroatoms. The van der Waals surface area contributed by atoms with Gasteiger partial charge in [0.2, 0.25) is 0 Å². The summed E-state index contributed by atoms with van der Waals surface area (Å²) in [5, 5.41) is 0. The van der Waals surface area contributed by atoms with Gasteiger partial charge in [-0.2, -0.15) is 0 Å². The number of benzene rings is 1. The third-order valence-corrected chi connectivity index (χ3v) is 5.18. The molecule has 0 saturated heterocycles. The van der Waals surface area contributed by atoms with Crippen LogP contribution >= 0.6 is 0 Å². The molecular formula is C17H26N2. The van der Waals surface area contributed by atoms with Crippen LogP contribution in [-0.4, -0.2) is 6.04 Å². The Balaban J connectivity index is 1.76. The summed E-state index contributed by atoms with van der Waals surface area (Å²) in [6, 6.07) is 9.43. The molecular weight excluding hydrogens is 232 g/mol. The molecule has 1 aromatic carbocycles. The van der Waals surface area contributed by atoms with E-state index in [1.807, 2.05) is 0 Å². The summed E-state index contributed by atoms with van der Waals surface area (Å²) in [6.45, 7) is 0. The van der Waals surface area contributed by atoms with Gasteiger partial charge in [-0.25, -0.2) is 0 Å². The Kier molecular flexibility index (Phi) is 4.19. The molecule has 0 heterocycles. The molecule has 0 spiro atoms. The van der Waals surface area contributed by atoms with E-state index in [2.05, 4.69) is 29.7 Å². The minimum absolute atomic E-state index is 0.463. The van der Waals surface area contributed by atoms with Crippen LogP contribution in [0.1, 0.15) is 62.0 Å². The Morgan fingerprint density at radius 1 is 1.11 bits per heavy atom. The molecule has 2 nitrogen and oxygen atoms in total. The maximum Gasteiger partial charge on any atom is 0.0281 e. The highest BCUT2D eigenvalue weighted by Crippen LogP contribution is 2.38. The highest BCUT2D eigenvalue weighted by atomic mass is 15.2. The van der Waals surface area contributed by atoms with E-state index in [0.717, 1.165) is 5.92 Å². The van der Waals surface area contributed by atoms with Crippen molar-refractivity contribution in [2.24, 2.45) is 11.8 Å². The highest BCUT2D eigenvalue weighted by Gasteiger charge is 2.29. The summed E-state index contributed by atoms with van der Waals surface area (Å²) in [5.74, 6) is 7.41. The number of aryl methyl sites for hydroxylation is 1. The average molecular weight is 258 g/mol. The number of fused-ring (bicyclic) bond motifs is 1. The minimum Gasteiger partial charge on any atom is -0.271 e. The van der Waals surface area contributed by atoms with Crippen LogP contribution in [0.2, 0.25) is 0 Å². The first kappa shape index (κ1) is 13.1. The molecule has 3 N–H and O–H groups in total. The molecule has 0 aliphatic heterocycles. The molecule has 2 aliphatic carbocycles. The van der Waals surface area contributed by atoms with Crippen molar-refractivity contribution in [2.45, 2.75) is 63.3 Å². The number of nitrogens with one attached hydrogen (secondary N) is 1.